The number of nitrogens with one attached hydrogen (secondary N) is 1. The van der Waals surface area contributed by atoms with E-state index >= 15 is 0 Å². The van der Waals surface area contributed by atoms with Crippen LogP contribution in [0.25, 0.3) is 0 Å². The molecule has 1 heterocycles. The molecule has 6 unspecified atom stereocenters. The van der Waals surface area contributed by atoms with Crippen molar-refractivity contribution in [2.45, 2.75) is 58.3 Å². The molecule has 6 heteroatoms. The number of hydrogen-bond acceptors (Lipinski definition) is 5. The molecule has 32 heavy (non-hydrogen) atoms. The number of fused-ring (bicyclic) bond motifs is 5. The fourth-order valence-electron chi connectivity index (χ4n) is 7.06. The van der Waals surface area contributed by atoms with Gasteiger partial charge in [-0.05, 0) is 73.8 Å². The third kappa shape index (κ3) is 3.43. The summed E-state index contributed by atoms with van der Waals surface area (Å²) in [6, 6.07) is 8.71. The van der Waals surface area contributed by atoms with Gasteiger partial charge in [-0.3, -0.25) is 9.59 Å². The van der Waals surface area contributed by atoms with Gasteiger partial charge < -0.3 is 10.1 Å². The molecule has 2 fully saturated rings. The van der Waals surface area contributed by atoms with E-state index in [-0.39, 0.29) is 23.5 Å². The number of rotatable bonds is 5. The smallest absolute Gasteiger partial charge is 0.226 e. The molecule has 5 nitrogen and oxygen atoms in total. The van der Waals surface area contributed by atoms with Gasteiger partial charge in [-0.25, -0.2) is 4.98 Å². The van der Waals surface area contributed by atoms with Crippen molar-refractivity contribution in [2.24, 2.45) is 29.1 Å². The minimum absolute atomic E-state index is 0.0631. The zero-order valence-corrected chi connectivity index (χ0v) is 19.5. The molecule has 6 atom stereocenters. The molecule has 168 valence electrons. The summed E-state index contributed by atoms with van der Waals surface area (Å²) in [6.45, 7) is 4.04. The fraction of sp³-hybridized carbons (Fsp3) is 0.538. The van der Waals surface area contributed by atoms with Crippen LogP contribution in [-0.4, -0.2) is 23.0 Å². The van der Waals surface area contributed by atoms with E-state index < -0.39 is 11.3 Å². The summed E-state index contributed by atoms with van der Waals surface area (Å²) in [5, 5.41) is 3.48. The molecule has 0 spiro atoms. The Morgan fingerprint density at radius 3 is 2.88 bits per heavy atom. The third-order valence-corrected chi connectivity index (χ3v) is 9.23. The van der Waals surface area contributed by atoms with Crippen molar-refractivity contribution in [3.05, 3.63) is 46.5 Å². The lowest BCUT2D eigenvalue weighted by Gasteiger charge is -2.49. The van der Waals surface area contributed by atoms with Crippen molar-refractivity contribution in [1.29, 1.82) is 0 Å². The first-order valence-electron chi connectivity index (χ1n) is 11.7. The van der Waals surface area contributed by atoms with Gasteiger partial charge in [-0.1, -0.05) is 31.2 Å². The van der Waals surface area contributed by atoms with Crippen LogP contribution in [0.1, 0.15) is 60.9 Å². The van der Waals surface area contributed by atoms with Gasteiger partial charge in [0, 0.05) is 22.9 Å². The number of anilines is 1. The fourth-order valence-corrected chi connectivity index (χ4v) is 7.74. The first-order valence-corrected chi connectivity index (χ1v) is 12.5. The molecule has 0 saturated heterocycles. The van der Waals surface area contributed by atoms with Gasteiger partial charge in [0.15, 0.2) is 5.13 Å². The van der Waals surface area contributed by atoms with Gasteiger partial charge in [0.2, 0.25) is 5.91 Å². The number of aldehydes is 1. The van der Waals surface area contributed by atoms with Crippen molar-refractivity contribution in [2.75, 3.05) is 5.32 Å². The Morgan fingerprint density at radius 2 is 2.12 bits per heavy atom. The number of amides is 1. The molecule has 1 aromatic heterocycles. The Hall–Kier alpha value is -2.34. The van der Waals surface area contributed by atoms with Crippen molar-refractivity contribution in [3.63, 3.8) is 0 Å². The molecule has 1 N–H and O–H groups in total. The highest BCUT2D eigenvalue weighted by molar-refractivity contribution is 7.15. The lowest BCUT2D eigenvalue weighted by molar-refractivity contribution is -0.133. The van der Waals surface area contributed by atoms with Crippen LogP contribution in [0.5, 0.6) is 0 Å². The number of ketones is 1. The Labute approximate surface area is 193 Å². The van der Waals surface area contributed by atoms with E-state index in [2.05, 4.69) is 41.5 Å². The lowest BCUT2D eigenvalue weighted by Crippen LogP contribution is -2.44. The number of carbonyl (C=O) groups excluding carboxylic acids is 3. The maximum Gasteiger partial charge on any atom is 0.226 e. The number of aryl methyl sites for hydroxylation is 2. The van der Waals surface area contributed by atoms with E-state index in [0.717, 1.165) is 36.8 Å². The molecular formula is C26H30N2O3S. The summed E-state index contributed by atoms with van der Waals surface area (Å²) in [5.74, 6) is 0.370. The second-order valence-corrected chi connectivity index (χ2v) is 11.3. The summed E-state index contributed by atoms with van der Waals surface area (Å²) in [4.78, 5) is 43.4. The van der Waals surface area contributed by atoms with Crippen LogP contribution in [0, 0.1) is 36.0 Å². The van der Waals surface area contributed by atoms with Gasteiger partial charge in [-0.2, -0.15) is 0 Å². The van der Waals surface area contributed by atoms with Crippen LogP contribution in [0.2, 0.25) is 0 Å². The zero-order chi connectivity index (χ0) is 22.5. The van der Waals surface area contributed by atoms with Crippen LogP contribution >= 0.6 is 11.3 Å². The molecular weight excluding hydrogens is 420 g/mol. The number of aromatic nitrogens is 1. The van der Waals surface area contributed by atoms with Gasteiger partial charge in [-0.15, -0.1) is 11.3 Å². The van der Waals surface area contributed by atoms with Gasteiger partial charge in [0.25, 0.3) is 0 Å². The van der Waals surface area contributed by atoms with Gasteiger partial charge in [0.05, 0.1) is 5.92 Å². The van der Waals surface area contributed by atoms with Crippen molar-refractivity contribution < 1.29 is 14.4 Å². The predicted octanol–water partition coefficient (Wildman–Crippen LogP) is 4.95. The van der Waals surface area contributed by atoms with E-state index in [1.165, 1.54) is 22.5 Å². The number of nitrogens with zero attached hydrogens (tertiary/aromatic N) is 1. The molecule has 3 aliphatic carbocycles. The summed E-state index contributed by atoms with van der Waals surface area (Å²) in [7, 11) is 0. The number of carbonyl (C=O) groups is 3. The van der Waals surface area contributed by atoms with E-state index in [0.29, 0.717) is 29.8 Å². The predicted molar refractivity (Wildman–Crippen MR) is 125 cm³/mol. The van der Waals surface area contributed by atoms with Crippen molar-refractivity contribution in [1.82, 2.24) is 4.98 Å². The topological polar surface area (TPSA) is 76.1 Å². The number of Topliss-reactive ketones (excluding diaryl/α,β-unsaturated/α-hetero) is 1. The molecule has 2 saturated carbocycles. The Kier molecular flexibility index (Phi) is 5.52. The Bertz CT molecular complexity index is 1060. The zero-order valence-electron chi connectivity index (χ0n) is 18.7. The maximum absolute atomic E-state index is 13.4. The lowest BCUT2D eigenvalue weighted by atomic mass is 9.54. The first kappa shape index (κ1) is 21.5. The normalized spacial score (nSPS) is 33.2. The van der Waals surface area contributed by atoms with Crippen LogP contribution in [0.15, 0.2) is 30.5 Å². The summed E-state index contributed by atoms with van der Waals surface area (Å²) < 4.78 is 0. The van der Waals surface area contributed by atoms with E-state index in [1.807, 2.05) is 6.92 Å². The number of thiazole rings is 1. The summed E-state index contributed by atoms with van der Waals surface area (Å²) >= 11 is 1.45. The number of hydrogen-bond donors (Lipinski definition) is 1. The van der Waals surface area contributed by atoms with Gasteiger partial charge in [0.1, 0.15) is 12.1 Å². The first-order chi connectivity index (χ1) is 15.4. The Morgan fingerprint density at radius 1 is 1.31 bits per heavy atom. The largest absolute Gasteiger partial charge is 0.303 e. The molecule has 1 amide bonds. The van der Waals surface area contributed by atoms with E-state index in [4.69, 9.17) is 0 Å². The third-order valence-electron chi connectivity index (χ3n) is 8.40. The highest BCUT2D eigenvalue weighted by atomic mass is 32.1. The quantitative estimate of drug-likeness (QED) is 0.517. The molecule has 0 aliphatic heterocycles. The van der Waals surface area contributed by atoms with Crippen LogP contribution in [0.4, 0.5) is 5.13 Å². The minimum Gasteiger partial charge on any atom is -0.303 e. The second-order valence-electron chi connectivity index (χ2n) is 10.0. The molecule has 1 aromatic carbocycles. The minimum atomic E-state index is -0.587. The standard InChI is InChI=1S/C26H30N2O3S/c1-15-13-27-25(32-15)28-22(30)10-9-20-21(14-29)24(31)26(2)12-11-18-17-6-4-3-5-16(17)7-8-19(18)23(20)26/h3-6,13-14,18-21,23H,7-12H2,1-2H3,(H,27,28,30). The molecule has 3 aliphatic rings. The highest BCUT2D eigenvalue weighted by Gasteiger charge is 2.62. The maximum atomic E-state index is 13.4. The highest BCUT2D eigenvalue weighted by Crippen LogP contribution is 2.63. The van der Waals surface area contributed by atoms with E-state index in [9.17, 15) is 14.4 Å². The second kappa shape index (κ2) is 8.22. The van der Waals surface area contributed by atoms with Crippen LogP contribution < -0.4 is 5.32 Å². The van der Waals surface area contributed by atoms with Crippen LogP contribution in [0.3, 0.4) is 0 Å². The molecule has 0 bridgehead atoms. The summed E-state index contributed by atoms with van der Waals surface area (Å²) in [5.41, 5.74) is 2.42. The van der Waals surface area contributed by atoms with Crippen molar-refractivity contribution in [3.8, 4) is 0 Å². The molecule has 5 rings (SSSR count). The Balaban J connectivity index is 1.39. The van der Waals surface area contributed by atoms with E-state index in [1.54, 1.807) is 6.20 Å². The molecule has 2 aromatic rings. The average Bonchev–Trinajstić information content (AvgIpc) is 3.29. The average molecular weight is 451 g/mol. The number of benzene rings is 1. The van der Waals surface area contributed by atoms with Crippen LogP contribution in [-0.2, 0) is 20.8 Å². The monoisotopic (exact) mass is 450 g/mol. The van der Waals surface area contributed by atoms with Crippen molar-refractivity contribution >= 4 is 34.4 Å². The molecule has 0 radical (unpaired) electrons. The summed E-state index contributed by atoms with van der Waals surface area (Å²) in [6.07, 6.45) is 7.40. The SMILES string of the molecule is Cc1cnc(NC(=O)CCC2C(C=O)C(=O)C3(C)CCC4c5ccccc5CCC4C23)s1. The van der Waals surface area contributed by atoms with Gasteiger partial charge >= 0.3 is 0 Å².